The number of rotatable bonds is 2. The Morgan fingerprint density at radius 3 is 1.87 bits per heavy atom. The summed E-state index contributed by atoms with van der Waals surface area (Å²) >= 11 is 0. The molecule has 46 heavy (non-hydrogen) atoms. The van der Waals surface area contributed by atoms with Crippen LogP contribution in [0.5, 0.6) is 0 Å². The van der Waals surface area contributed by atoms with Crippen molar-refractivity contribution in [3.63, 3.8) is 0 Å². The van der Waals surface area contributed by atoms with E-state index in [0.29, 0.717) is 0 Å². The lowest BCUT2D eigenvalue weighted by Gasteiger charge is -2.12. The quantitative estimate of drug-likeness (QED) is 0.192. The molecule has 2 aromatic heterocycles. The molecule has 2 heteroatoms. The minimum absolute atomic E-state index is 1.17. The molecular formula is C44H26N2. The van der Waals surface area contributed by atoms with E-state index in [1.165, 1.54) is 98.8 Å². The maximum atomic E-state index is 2.49. The first-order valence-corrected chi connectivity index (χ1v) is 16.0. The Labute approximate surface area is 265 Å². The van der Waals surface area contributed by atoms with Gasteiger partial charge >= 0.3 is 0 Å². The maximum absolute atomic E-state index is 2.49. The number of nitrogens with zero attached hydrogens (tertiary/aromatic N) is 2. The molecule has 1 aliphatic rings. The summed E-state index contributed by atoms with van der Waals surface area (Å²) in [6, 6.07) is 58.2. The molecule has 0 saturated carbocycles. The molecule has 10 aromatic rings. The van der Waals surface area contributed by atoms with E-state index < -0.39 is 0 Å². The van der Waals surface area contributed by atoms with E-state index in [4.69, 9.17) is 0 Å². The topological polar surface area (TPSA) is 9.86 Å². The van der Waals surface area contributed by atoms with Gasteiger partial charge in [0, 0.05) is 32.9 Å². The normalized spacial score (nSPS) is 12.3. The summed E-state index contributed by atoms with van der Waals surface area (Å²) in [6.45, 7) is 0. The van der Waals surface area contributed by atoms with Crippen molar-refractivity contribution in [1.82, 2.24) is 9.13 Å². The van der Waals surface area contributed by atoms with Crippen LogP contribution in [-0.4, -0.2) is 9.13 Å². The second-order valence-corrected chi connectivity index (χ2v) is 12.5. The standard InChI is InChI=1S/C44H26N2/c1-2-13-29(14-3-1)46-38-19-7-6-16-33(38)36-23-25-40-43(44(36)46)42-31-15-5-4-10-27(31)20-24-39(42)45(40)30-21-22-32-34-17-8-11-28-12-9-18-35(41(28)34)37(32)26-30/h1-26H. The van der Waals surface area contributed by atoms with Gasteiger partial charge in [-0.05, 0) is 86.3 Å². The monoisotopic (exact) mass is 582 g/mol. The highest BCUT2D eigenvalue weighted by Gasteiger charge is 2.25. The molecule has 0 atom stereocenters. The number of benzene rings is 8. The Morgan fingerprint density at radius 2 is 1.00 bits per heavy atom. The maximum Gasteiger partial charge on any atom is 0.0641 e. The third-order valence-electron chi connectivity index (χ3n) is 10.2. The van der Waals surface area contributed by atoms with E-state index in [0.717, 1.165) is 0 Å². The number of hydrogen-bond acceptors (Lipinski definition) is 0. The molecule has 2 nitrogen and oxygen atoms in total. The van der Waals surface area contributed by atoms with Gasteiger partial charge in [-0.15, -0.1) is 0 Å². The molecule has 0 saturated heterocycles. The largest absolute Gasteiger partial charge is 0.309 e. The highest BCUT2D eigenvalue weighted by atomic mass is 15.0. The van der Waals surface area contributed by atoms with E-state index in [2.05, 4.69) is 167 Å². The third-order valence-corrected chi connectivity index (χ3v) is 10.2. The van der Waals surface area contributed by atoms with Gasteiger partial charge in [0.05, 0.1) is 22.1 Å². The zero-order valence-electron chi connectivity index (χ0n) is 24.9. The van der Waals surface area contributed by atoms with Crippen LogP contribution < -0.4 is 0 Å². The van der Waals surface area contributed by atoms with Crippen molar-refractivity contribution >= 4 is 65.2 Å². The van der Waals surface area contributed by atoms with E-state index in [1.54, 1.807) is 0 Å². The van der Waals surface area contributed by atoms with Crippen molar-refractivity contribution in [2.24, 2.45) is 0 Å². The summed E-state index contributed by atoms with van der Waals surface area (Å²) in [7, 11) is 0. The van der Waals surface area contributed by atoms with Crippen molar-refractivity contribution in [3.8, 4) is 33.6 Å². The number of hydrogen-bond donors (Lipinski definition) is 0. The van der Waals surface area contributed by atoms with Crippen LogP contribution in [0.3, 0.4) is 0 Å². The first-order valence-electron chi connectivity index (χ1n) is 16.0. The zero-order chi connectivity index (χ0) is 29.9. The van der Waals surface area contributed by atoms with Crippen molar-refractivity contribution in [2.75, 3.05) is 0 Å². The summed E-state index contributed by atoms with van der Waals surface area (Å²) in [4.78, 5) is 0. The Morgan fingerprint density at radius 1 is 0.304 bits per heavy atom. The van der Waals surface area contributed by atoms with Crippen molar-refractivity contribution < 1.29 is 0 Å². The van der Waals surface area contributed by atoms with E-state index in [-0.39, 0.29) is 0 Å². The highest BCUT2D eigenvalue weighted by molar-refractivity contribution is 6.31. The summed E-state index contributed by atoms with van der Waals surface area (Å²) in [5.74, 6) is 0. The highest BCUT2D eigenvalue weighted by Crippen LogP contribution is 2.49. The van der Waals surface area contributed by atoms with Gasteiger partial charge in [-0.25, -0.2) is 0 Å². The molecular weight excluding hydrogens is 556 g/mol. The predicted octanol–water partition coefficient (Wildman–Crippen LogP) is 11.8. The van der Waals surface area contributed by atoms with Gasteiger partial charge in [-0.2, -0.15) is 0 Å². The SMILES string of the molecule is c1ccc(-n2c3ccccc3c3ccc4c(c5c6ccccc6ccc5n4-c4ccc5c(c4)-c4cccc6cccc-5c46)c32)cc1. The van der Waals surface area contributed by atoms with Crippen LogP contribution in [0.4, 0.5) is 0 Å². The number of fused-ring (bicyclic) bond motifs is 12. The summed E-state index contributed by atoms with van der Waals surface area (Å²) in [5, 5.41) is 10.3. The van der Waals surface area contributed by atoms with Crippen LogP contribution >= 0.6 is 0 Å². The van der Waals surface area contributed by atoms with Gasteiger partial charge in [-0.1, -0.05) is 115 Å². The predicted molar refractivity (Wildman–Crippen MR) is 195 cm³/mol. The number of aromatic nitrogens is 2. The Bertz CT molecular complexity index is 2900. The average Bonchev–Trinajstić information content (AvgIpc) is 3.75. The molecule has 0 fully saturated rings. The van der Waals surface area contributed by atoms with Gasteiger partial charge in [0.25, 0.3) is 0 Å². The summed E-state index contributed by atoms with van der Waals surface area (Å²) in [5.41, 5.74) is 12.5. The Balaban J connectivity index is 1.33. The van der Waals surface area contributed by atoms with Gasteiger partial charge in [0.2, 0.25) is 0 Å². The van der Waals surface area contributed by atoms with Crippen molar-refractivity contribution in [2.45, 2.75) is 0 Å². The molecule has 2 heterocycles. The molecule has 0 aliphatic heterocycles. The van der Waals surface area contributed by atoms with Gasteiger partial charge in [-0.3, -0.25) is 0 Å². The van der Waals surface area contributed by atoms with Crippen LogP contribution in [0, 0.1) is 0 Å². The van der Waals surface area contributed by atoms with E-state index in [9.17, 15) is 0 Å². The van der Waals surface area contributed by atoms with Crippen LogP contribution in [-0.2, 0) is 0 Å². The first kappa shape index (κ1) is 24.2. The minimum atomic E-state index is 1.17. The molecule has 0 unspecified atom stereocenters. The lowest BCUT2D eigenvalue weighted by atomic mass is 10.0. The summed E-state index contributed by atoms with van der Waals surface area (Å²) < 4.78 is 4.96. The molecule has 0 bridgehead atoms. The third kappa shape index (κ3) is 3.01. The Kier molecular flexibility index (Phi) is 4.61. The Hall–Kier alpha value is -6.12. The van der Waals surface area contributed by atoms with Crippen LogP contribution in [0.15, 0.2) is 158 Å². The van der Waals surface area contributed by atoms with Crippen LogP contribution in [0.25, 0.3) is 98.8 Å². The fourth-order valence-corrected chi connectivity index (χ4v) is 8.36. The zero-order valence-corrected chi connectivity index (χ0v) is 24.9. The van der Waals surface area contributed by atoms with Crippen molar-refractivity contribution in [3.05, 3.63) is 158 Å². The molecule has 0 spiro atoms. The number of para-hydroxylation sites is 2. The molecule has 11 rings (SSSR count). The smallest absolute Gasteiger partial charge is 0.0641 e. The molecule has 0 amide bonds. The molecule has 0 N–H and O–H groups in total. The summed E-state index contributed by atoms with van der Waals surface area (Å²) in [6.07, 6.45) is 0. The fraction of sp³-hybridized carbons (Fsp3) is 0. The lowest BCUT2D eigenvalue weighted by Crippen LogP contribution is -1.95. The van der Waals surface area contributed by atoms with Crippen LogP contribution in [0.1, 0.15) is 0 Å². The van der Waals surface area contributed by atoms with Gasteiger partial charge in [0.15, 0.2) is 0 Å². The van der Waals surface area contributed by atoms with Gasteiger partial charge in [0.1, 0.15) is 0 Å². The second-order valence-electron chi connectivity index (χ2n) is 12.5. The minimum Gasteiger partial charge on any atom is -0.309 e. The molecule has 1 aliphatic carbocycles. The van der Waals surface area contributed by atoms with E-state index >= 15 is 0 Å². The molecule has 8 aromatic carbocycles. The van der Waals surface area contributed by atoms with Crippen molar-refractivity contribution in [1.29, 1.82) is 0 Å². The van der Waals surface area contributed by atoms with E-state index in [1.807, 2.05) is 0 Å². The molecule has 0 radical (unpaired) electrons. The first-order chi connectivity index (χ1) is 22.8. The average molecular weight is 583 g/mol. The second kappa shape index (κ2) is 8.74. The van der Waals surface area contributed by atoms with Gasteiger partial charge < -0.3 is 9.13 Å². The fourth-order valence-electron chi connectivity index (χ4n) is 8.36. The lowest BCUT2D eigenvalue weighted by molar-refractivity contribution is 1.17. The molecule has 212 valence electrons. The van der Waals surface area contributed by atoms with Crippen LogP contribution in [0.2, 0.25) is 0 Å².